The van der Waals surface area contributed by atoms with Gasteiger partial charge in [-0.05, 0) is 11.7 Å². The maximum Gasteiger partial charge on any atom is 0.190 e. The molecule has 0 unspecified atom stereocenters. The van der Waals surface area contributed by atoms with Crippen molar-refractivity contribution in [1.29, 1.82) is 0 Å². The predicted octanol–water partition coefficient (Wildman–Crippen LogP) is -0.284. The Hall–Kier alpha value is -1.78. The second-order valence-corrected chi connectivity index (χ2v) is 3.31. The lowest BCUT2D eigenvalue weighted by Crippen LogP contribution is -2.14. The summed E-state index contributed by atoms with van der Waals surface area (Å²) >= 11 is 0. The van der Waals surface area contributed by atoms with Crippen LogP contribution in [-0.2, 0) is 0 Å². The molecule has 0 amide bonds. The van der Waals surface area contributed by atoms with E-state index in [2.05, 4.69) is 4.98 Å². The number of aromatic nitrogens is 1. The Morgan fingerprint density at radius 2 is 2.20 bits per heavy atom. The highest BCUT2D eigenvalue weighted by Gasteiger charge is 2.07. The van der Waals surface area contributed by atoms with Crippen molar-refractivity contribution < 1.29 is 4.79 Å². The van der Waals surface area contributed by atoms with Gasteiger partial charge in [-0.2, -0.15) is 0 Å². The van der Waals surface area contributed by atoms with Crippen LogP contribution in [0.1, 0.15) is 10.4 Å². The Balaban J connectivity index is 2.92. The summed E-state index contributed by atoms with van der Waals surface area (Å²) in [6, 6.07) is 3.12. The molecule has 0 spiro atoms. The van der Waals surface area contributed by atoms with Gasteiger partial charge in [0.1, 0.15) is 13.7 Å². The first-order chi connectivity index (χ1) is 7.00. The molecule has 1 rings (SSSR count). The monoisotopic (exact) mass is 201 g/mol. The molecule has 0 aliphatic rings. The summed E-state index contributed by atoms with van der Waals surface area (Å²) in [5.74, 6) is -0.0305. The van der Waals surface area contributed by atoms with E-state index < -0.39 is 0 Å². The Kier molecular flexibility index (Phi) is 3.49. The number of pyridine rings is 1. The smallest absolute Gasteiger partial charge is 0.190 e. The van der Waals surface area contributed by atoms with Gasteiger partial charge in [0.25, 0.3) is 0 Å². The van der Waals surface area contributed by atoms with Crippen LogP contribution >= 0.6 is 0 Å². The van der Waals surface area contributed by atoms with Gasteiger partial charge in [-0.25, -0.2) is 4.98 Å². The third-order valence-corrected chi connectivity index (χ3v) is 1.74. The van der Waals surface area contributed by atoms with Crippen LogP contribution in [-0.4, -0.2) is 37.6 Å². The SMILES string of the molecule is [B]c1ccc(C(=O)/C=C/N(C)C)c(N)n1. The normalized spacial score (nSPS) is 10.5. The van der Waals surface area contributed by atoms with Crippen molar-refractivity contribution in [3.05, 3.63) is 30.0 Å². The first-order valence-electron chi connectivity index (χ1n) is 4.41. The first kappa shape index (κ1) is 11.3. The van der Waals surface area contributed by atoms with E-state index in [-0.39, 0.29) is 11.6 Å². The van der Waals surface area contributed by atoms with Crippen LogP contribution in [0.2, 0.25) is 0 Å². The molecule has 1 aromatic rings. The van der Waals surface area contributed by atoms with Gasteiger partial charge in [-0.1, -0.05) is 6.07 Å². The van der Waals surface area contributed by atoms with Crippen molar-refractivity contribution in [2.75, 3.05) is 19.8 Å². The van der Waals surface area contributed by atoms with Gasteiger partial charge in [0.2, 0.25) is 0 Å². The number of hydrogen-bond donors (Lipinski definition) is 1. The maximum atomic E-state index is 11.6. The molecular weight excluding hydrogens is 189 g/mol. The second kappa shape index (κ2) is 4.64. The number of ketones is 1. The molecule has 0 aliphatic heterocycles. The van der Waals surface area contributed by atoms with Gasteiger partial charge in [0.15, 0.2) is 5.78 Å². The highest BCUT2D eigenvalue weighted by molar-refractivity contribution is 6.31. The number of nitrogens with zero attached hydrogens (tertiary/aromatic N) is 2. The molecule has 5 heteroatoms. The molecule has 1 heterocycles. The van der Waals surface area contributed by atoms with E-state index in [0.29, 0.717) is 11.2 Å². The minimum absolute atomic E-state index is 0.156. The average molecular weight is 201 g/mol. The third-order valence-electron chi connectivity index (χ3n) is 1.74. The number of rotatable bonds is 3. The molecule has 0 atom stereocenters. The second-order valence-electron chi connectivity index (χ2n) is 3.31. The fourth-order valence-corrected chi connectivity index (χ4v) is 1.01. The summed E-state index contributed by atoms with van der Waals surface area (Å²) < 4.78 is 0. The van der Waals surface area contributed by atoms with Gasteiger partial charge in [0.05, 0.1) is 5.56 Å². The average Bonchev–Trinajstić information content (AvgIpc) is 2.14. The summed E-state index contributed by atoms with van der Waals surface area (Å²) in [5.41, 5.74) is 6.24. The summed E-state index contributed by atoms with van der Waals surface area (Å²) in [4.78, 5) is 17.2. The van der Waals surface area contributed by atoms with E-state index in [1.54, 1.807) is 23.2 Å². The summed E-state index contributed by atoms with van der Waals surface area (Å²) in [6.07, 6.45) is 3.09. The molecule has 4 nitrogen and oxygen atoms in total. The number of allylic oxidation sites excluding steroid dienone is 1. The van der Waals surface area contributed by atoms with Crippen LogP contribution in [0.15, 0.2) is 24.4 Å². The van der Waals surface area contributed by atoms with Crippen molar-refractivity contribution in [2.45, 2.75) is 0 Å². The van der Waals surface area contributed by atoms with Crippen LogP contribution in [0.25, 0.3) is 0 Å². The Morgan fingerprint density at radius 3 is 2.73 bits per heavy atom. The topological polar surface area (TPSA) is 59.2 Å². The van der Waals surface area contributed by atoms with Crippen LogP contribution in [0.4, 0.5) is 5.82 Å². The number of nitrogen functional groups attached to an aromatic ring is 1. The number of carbonyl (C=O) groups is 1. The summed E-state index contributed by atoms with van der Waals surface area (Å²) in [7, 11) is 9.08. The zero-order chi connectivity index (χ0) is 11.4. The Labute approximate surface area is 90.2 Å². The molecule has 2 N–H and O–H groups in total. The lowest BCUT2D eigenvalue weighted by atomic mass is 10.0. The minimum Gasteiger partial charge on any atom is -0.383 e. The van der Waals surface area contributed by atoms with Crippen LogP contribution in [0.3, 0.4) is 0 Å². The standard InChI is InChI=1S/C10H12BN3O/c1-14(2)6-5-8(15)7-3-4-9(11)13-10(7)12/h3-6H,1-2H3,(H2,12,13)/b6-5+. The van der Waals surface area contributed by atoms with Crippen molar-refractivity contribution >= 4 is 25.0 Å². The molecule has 0 saturated heterocycles. The fourth-order valence-electron chi connectivity index (χ4n) is 1.01. The number of nitrogens with two attached hydrogens (primary N) is 1. The van der Waals surface area contributed by atoms with E-state index in [4.69, 9.17) is 13.6 Å². The van der Waals surface area contributed by atoms with E-state index in [1.807, 2.05) is 14.1 Å². The Morgan fingerprint density at radius 1 is 1.53 bits per heavy atom. The van der Waals surface area contributed by atoms with E-state index in [9.17, 15) is 4.79 Å². The van der Waals surface area contributed by atoms with Crippen molar-refractivity contribution in [3.8, 4) is 0 Å². The number of hydrogen-bond acceptors (Lipinski definition) is 4. The van der Waals surface area contributed by atoms with Crippen molar-refractivity contribution in [2.24, 2.45) is 0 Å². The molecule has 0 saturated carbocycles. The molecule has 1 aromatic heterocycles. The van der Waals surface area contributed by atoms with E-state index in [1.165, 1.54) is 6.08 Å². The number of anilines is 1. The van der Waals surface area contributed by atoms with Crippen molar-refractivity contribution in [3.63, 3.8) is 0 Å². The van der Waals surface area contributed by atoms with Gasteiger partial charge in [-0.3, -0.25) is 4.79 Å². The molecule has 2 radical (unpaired) electrons. The van der Waals surface area contributed by atoms with Crippen LogP contribution in [0.5, 0.6) is 0 Å². The predicted molar refractivity (Wildman–Crippen MR) is 61.2 cm³/mol. The zero-order valence-corrected chi connectivity index (χ0v) is 8.77. The fraction of sp³-hybridized carbons (Fsp3) is 0.200. The largest absolute Gasteiger partial charge is 0.383 e. The molecule has 0 bridgehead atoms. The van der Waals surface area contributed by atoms with Gasteiger partial charge in [-0.15, -0.1) is 0 Å². The zero-order valence-electron chi connectivity index (χ0n) is 8.77. The molecule has 0 fully saturated rings. The molecule has 15 heavy (non-hydrogen) atoms. The molecule has 0 aliphatic carbocycles. The number of carbonyl (C=O) groups excluding carboxylic acids is 1. The lowest BCUT2D eigenvalue weighted by Gasteiger charge is -2.04. The molecular formula is C10H12BN3O. The van der Waals surface area contributed by atoms with Gasteiger partial charge in [0, 0.05) is 26.4 Å². The highest BCUT2D eigenvalue weighted by Crippen LogP contribution is 2.07. The minimum atomic E-state index is -0.186. The summed E-state index contributed by atoms with van der Waals surface area (Å²) in [6.45, 7) is 0. The first-order valence-corrected chi connectivity index (χ1v) is 4.41. The van der Waals surface area contributed by atoms with Gasteiger partial charge >= 0.3 is 0 Å². The summed E-state index contributed by atoms with van der Waals surface area (Å²) in [5, 5.41) is 0. The van der Waals surface area contributed by atoms with E-state index >= 15 is 0 Å². The van der Waals surface area contributed by atoms with Crippen LogP contribution in [0, 0.1) is 0 Å². The van der Waals surface area contributed by atoms with E-state index in [0.717, 1.165) is 0 Å². The quantitative estimate of drug-likeness (QED) is 0.415. The lowest BCUT2D eigenvalue weighted by molar-refractivity contribution is 0.104. The Bertz CT molecular complexity index is 402. The van der Waals surface area contributed by atoms with Crippen LogP contribution < -0.4 is 11.3 Å². The van der Waals surface area contributed by atoms with Gasteiger partial charge < -0.3 is 10.6 Å². The maximum absolute atomic E-state index is 11.6. The third kappa shape index (κ3) is 3.12. The highest BCUT2D eigenvalue weighted by atomic mass is 16.1. The molecule has 0 aromatic carbocycles. The molecule has 76 valence electrons. The van der Waals surface area contributed by atoms with Crippen molar-refractivity contribution in [1.82, 2.24) is 9.88 Å².